The minimum Gasteiger partial charge on any atom is -0.399 e. The van der Waals surface area contributed by atoms with Crippen molar-refractivity contribution in [3.63, 3.8) is 0 Å². The smallest absolute Gasteiger partial charge is 0.399 e. The second-order valence-electron chi connectivity index (χ2n) is 6.40. The Bertz CT molecular complexity index is 642. The van der Waals surface area contributed by atoms with Crippen LogP contribution in [-0.4, -0.2) is 62.1 Å². The number of fused-ring (bicyclic) bond motifs is 1. The molecule has 4 atom stereocenters. The van der Waals surface area contributed by atoms with Crippen molar-refractivity contribution >= 4 is 25.2 Å². The Labute approximate surface area is 152 Å². The SMILES string of the molecule is OC[C@H]1OB(c2ccccc2)O[C@H]2[C@@H]1OB(c1ccccc1)O[C@@H]2CO. The average Bonchev–Trinajstić information content (AvgIpc) is 2.73. The molecule has 2 fully saturated rings. The highest BCUT2D eigenvalue weighted by molar-refractivity contribution is 6.62. The number of rotatable bonds is 4. The number of benzene rings is 2. The van der Waals surface area contributed by atoms with Crippen molar-refractivity contribution < 1.29 is 28.8 Å². The summed E-state index contributed by atoms with van der Waals surface area (Å²) in [5.41, 5.74) is 1.68. The Morgan fingerprint density at radius 3 is 1.35 bits per heavy atom. The summed E-state index contributed by atoms with van der Waals surface area (Å²) in [6.45, 7) is -0.430. The minimum absolute atomic E-state index is 0.215. The lowest BCUT2D eigenvalue weighted by molar-refractivity contribution is -0.166. The number of aliphatic hydroxyl groups is 2. The van der Waals surface area contributed by atoms with Gasteiger partial charge in [-0.3, -0.25) is 0 Å². The Morgan fingerprint density at radius 2 is 1.00 bits per heavy atom. The molecular weight excluding hydrogens is 334 g/mol. The lowest BCUT2D eigenvalue weighted by atomic mass is 9.72. The predicted molar refractivity (Wildman–Crippen MR) is 97.3 cm³/mol. The van der Waals surface area contributed by atoms with E-state index < -0.39 is 38.7 Å². The average molecular weight is 354 g/mol. The lowest BCUT2D eigenvalue weighted by Crippen LogP contribution is -2.68. The van der Waals surface area contributed by atoms with Gasteiger partial charge in [-0.1, -0.05) is 60.7 Å². The monoisotopic (exact) mass is 354 g/mol. The molecule has 0 aliphatic carbocycles. The van der Waals surface area contributed by atoms with Crippen LogP contribution >= 0.6 is 0 Å². The lowest BCUT2D eigenvalue weighted by Gasteiger charge is -2.47. The molecule has 134 valence electrons. The van der Waals surface area contributed by atoms with E-state index in [2.05, 4.69) is 0 Å². The topological polar surface area (TPSA) is 77.4 Å². The minimum atomic E-state index is -0.649. The van der Waals surface area contributed by atoms with E-state index in [9.17, 15) is 10.2 Å². The fourth-order valence-electron chi connectivity index (χ4n) is 3.40. The molecule has 0 saturated carbocycles. The Balaban J connectivity index is 1.59. The maximum absolute atomic E-state index is 9.85. The van der Waals surface area contributed by atoms with Crippen LogP contribution in [0.4, 0.5) is 0 Å². The number of hydrogen-bond acceptors (Lipinski definition) is 6. The normalized spacial score (nSPS) is 28.7. The van der Waals surface area contributed by atoms with Crippen molar-refractivity contribution in [1.82, 2.24) is 0 Å². The molecule has 0 spiro atoms. The molecule has 2 aromatic rings. The van der Waals surface area contributed by atoms with Gasteiger partial charge in [-0.05, 0) is 10.9 Å². The van der Waals surface area contributed by atoms with E-state index in [0.29, 0.717) is 0 Å². The molecule has 2 aromatic carbocycles. The third-order valence-electron chi connectivity index (χ3n) is 4.72. The van der Waals surface area contributed by atoms with Gasteiger partial charge in [-0.15, -0.1) is 0 Å². The van der Waals surface area contributed by atoms with Crippen molar-refractivity contribution in [2.75, 3.05) is 13.2 Å². The van der Waals surface area contributed by atoms with E-state index >= 15 is 0 Å². The summed E-state index contributed by atoms with van der Waals surface area (Å²) >= 11 is 0. The van der Waals surface area contributed by atoms with Crippen LogP contribution < -0.4 is 10.9 Å². The fourth-order valence-corrected chi connectivity index (χ4v) is 3.40. The van der Waals surface area contributed by atoms with E-state index in [1.165, 1.54) is 0 Å². The first kappa shape index (κ1) is 17.7. The molecule has 0 amide bonds. The van der Waals surface area contributed by atoms with E-state index in [4.69, 9.17) is 18.6 Å². The van der Waals surface area contributed by atoms with Crippen molar-refractivity contribution in [3.8, 4) is 0 Å². The van der Waals surface area contributed by atoms with Crippen LogP contribution in [-0.2, 0) is 18.6 Å². The second-order valence-corrected chi connectivity index (χ2v) is 6.40. The highest BCUT2D eigenvalue weighted by Gasteiger charge is 2.52. The summed E-state index contributed by atoms with van der Waals surface area (Å²) in [6, 6.07) is 19.0. The predicted octanol–water partition coefficient (Wildman–Crippen LogP) is -0.670. The standard InChI is InChI=1S/C18H20B2O6/c21-11-15-18-17(25-19(23-15)13-7-3-1-4-8-13)16(12-22)24-20(26-18)14-9-5-2-6-10-14/h1-10,15-18,21-22H,11-12H2/t15-,16-,17-,18-/m1/s1. The van der Waals surface area contributed by atoms with Crippen LogP contribution in [0.3, 0.4) is 0 Å². The zero-order valence-electron chi connectivity index (χ0n) is 14.2. The van der Waals surface area contributed by atoms with Crippen molar-refractivity contribution in [1.29, 1.82) is 0 Å². The molecule has 0 radical (unpaired) electrons. The highest BCUT2D eigenvalue weighted by atomic mass is 16.7. The van der Waals surface area contributed by atoms with Gasteiger partial charge < -0.3 is 28.8 Å². The van der Waals surface area contributed by atoms with Crippen LogP contribution in [0.1, 0.15) is 0 Å². The van der Waals surface area contributed by atoms with E-state index in [1.54, 1.807) is 0 Å². The van der Waals surface area contributed by atoms with E-state index in [1.807, 2.05) is 60.7 Å². The van der Waals surface area contributed by atoms with Gasteiger partial charge in [0.2, 0.25) is 0 Å². The first-order chi connectivity index (χ1) is 12.8. The third-order valence-corrected chi connectivity index (χ3v) is 4.72. The number of aliphatic hydroxyl groups excluding tert-OH is 2. The van der Waals surface area contributed by atoms with Crippen LogP contribution in [0.2, 0.25) is 0 Å². The first-order valence-corrected chi connectivity index (χ1v) is 8.73. The van der Waals surface area contributed by atoms with Gasteiger partial charge in [0.05, 0.1) is 37.6 Å². The van der Waals surface area contributed by atoms with E-state index in [-0.39, 0.29) is 13.2 Å². The molecule has 8 heteroatoms. The molecule has 0 aromatic heterocycles. The van der Waals surface area contributed by atoms with Crippen LogP contribution in [0.25, 0.3) is 0 Å². The van der Waals surface area contributed by atoms with Crippen LogP contribution in [0.5, 0.6) is 0 Å². The molecular formula is C18H20B2O6. The van der Waals surface area contributed by atoms with Gasteiger partial charge >= 0.3 is 14.2 Å². The third kappa shape index (κ3) is 3.44. The molecule has 6 nitrogen and oxygen atoms in total. The maximum Gasteiger partial charge on any atom is 0.494 e. The van der Waals surface area contributed by atoms with Gasteiger partial charge in [0.15, 0.2) is 0 Å². The van der Waals surface area contributed by atoms with Gasteiger partial charge in [-0.25, -0.2) is 0 Å². The molecule has 4 rings (SSSR count). The summed E-state index contributed by atoms with van der Waals surface area (Å²) in [4.78, 5) is 0. The summed E-state index contributed by atoms with van der Waals surface area (Å²) < 4.78 is 24.0. The van der Waals surface area contributed by atoms with Crippen LogP contribution in [0.15, 0.2) is 60.7 Å². The molecule has 2 aliphatic rings. The summed E-state index contributed by atoms with van der Waals surface area (Å²) in [7, 11) is -1.30. The van der Waals surface area contributed by atoms with Crippen molar-refractivity contribution in [3.05, 3.63) is 60.7 Å². The quantitative estimate of drug-likeness (QED) is 0.710. The first-order valence-electron chi connectivity index (χ1n) is 8.73. The molecule has 0 unspecified atom stereocenters. The van der Waals surface area contributed by atoms with Gasteiger partial charge in [-0.2, -0.15) is 0 Å². The van der Waals surface area contributed by atoms with Crippen molar-refractivity contribution in [2.45, 2.75) is 24.4 Å². The Morgan fingerprint density at radius 1 is 0.615 bits per heavy atom. The zero-order chi connectivity index (χ0) is 17.9. The van der Waals surface area contributed by atoms with Gasteiger partial charge in [0.25, 0.3) is 0 Å². The van der Waals surface area contributed by atoms with Crippen molar-refractivity contribution in [2.24, 2.45) is 0 Å². The molecule has 2 aliphatic heterocycles. The summed E-state index contributed by atoms with van der Waals surface area (Å²) in [5, 5.41) is 19.7. The Kier molecular flexibility index (Phi) is 5.40. The van der Waals surface area contributed by atoms with Gasteiger partial charge in [0.1, 0.15) is 0 Å². The summed E-state index contributed by atoms with van der Waals surface area (Å²) in [6.07, 6.45) is -2.25. The Hall–Kier alpha value is -1.67. The largest absolute Gasteiger partial charge is 0.494 e. The highest BCUT2D eigenvalue weighted by Crippen LogP contribution is 2.28. The van der Waals surface area contributed by atoms with E-state index in [0.717, 1.165) is 10.9 Å². The molecule has 0 bridgehead atoms. The fraction of sp³-hybridized carbons (Fsp3) is 0.333. The molecule has 2 heterocycles. The molecule has 26 heavy (non-hydrogen) atoms. The zero-order valence-corrected chi connectivity index (χ0v) is 14.2. The van der Waals surface area contributed by atoms with Gasteiger partial charge in [0, 0.05) is 0 Å². The molecule has 2 N–H and O–H groups in total. The maximum atomic E-state index is 9.85. The summed E-state index contributed by atoms with van der Waals surface area (Å²) in [5.74, 6) is 0. The number of hydrogen-bond donors (Lipinski definition) is 2. The molecule has 2 saturated heterocycles. The van der Waals surface area contributed by atoms with Crippen LogP contribution in [0, 0.1) is 0 Å². The second kappa shape index (κ2) is 7.92.